The van der Waals surface area contributed by atoms with Crippen molar-refractivity contribution < 1.29 is 8.42 Å². The maximum absolute atomic E-state index is 11.0. The summed E-state index contributed by atoms with van der Waals surface area (Å²) in [6, 6.07) is 0. The molecule has 0 bridgehead atoms. The van der Waals surface area contributed by atoms with E-state index in [-0.39, 0.29) is 0 Å². The van der Waals surface area contributed by atoms with Crippen LogP contribution in [0.1, 0.15) is 5.56 Å². The van der Waals surface area contributed by atoms with E-state index in [2.05, 4.69) is 0 Å². The second-order valence-corrected chi connectivity index (χ2v) is 5.12. The Morgan fingerprint density at radius 2 is 2.23 bits per heavy atom. The van der Waals surface area contributed by atoms with E-state index in [1.807, 2.05) is 11.5 Å². The first-order valence-electron chi connectivity index (χ1n) is 3.63. The van der Waals surface area contributed by atoms with Crippen LogP contribution in [0, 0.1) is 0 Å². The molecule has 0 aliphatic carbocycles. The fourth-order valence-corrected chi connectivity index (χ4v) is 2.55. The van der Waals surface area contributed by atoms with E-state index in [0.29, 0.717) is 0 Å². The molecule has 0 spiro atoms. The zero-order valence-corrected chi connectivity index (χ0v) is 8.31. The van der Waals surface area contributed by atoms with Gasteiger partial charge in [0.15, 0.2) is 0 Å². The maximum Gasteiger partial charge on any atom is 0.302 e. The largest absolute Gasteiger partial charge is 0.302 e. The van der Waals surface area contributed by atoms with Crippen LogP contribution in [0.3, 0.4) is 0 Å². The molecule has 4 nitrogen and oxygen atoms in total. The van der Waals surface area contributed by atoms with Crippen molar-refractivity contribution in [1.82, 2.24) is 3.97 Å². The lowest BCUT2D eigenvalue weighted by atomic mass is 10.2. The topological polar surface area (TPSA) is 65.1 Å². The molecular weight excluding hydrogens is 208 g/mol. The molecule has 2 heterocycles. The molecule has 6 heteroatoms. The average Bonchev–Trinajstić information content (AvgIpc) is 2.45. The summed E-state index contributed by atoms with van der Waals surface area (Å²) in [5, 5.41) is 6.91. The van der Waals surface area contributed by atoms with Crippen LogP contribution in [-0.2, 0) is 16.6 Å². The molecule has 0 saturated heterocycles. The molecule has 1 aromatic rings. The normalized spacial score (nSPS) is 15.8. The van der Waals surface area contributed by atoms with Crippen molar-refractivity contribution in [3.63, 3.8) is 0 Å². The summed E-state index contributed by atoms with van der Waals surface area (Å²) in [6.07, 6.45) is 5.85. The fraction of sp³-hybridized carbons (Fsp3) is 0.143. The van der Waals surface area contributed by atoms with E-state index < -0.39 is 10.2 Å². The number of nitrogens with two attached hydrogens (primary N) is 1. The molecule has 0 aromatic carbocycles. The van der Waals surface area contributed by atoms with E-state index in [1.165, 1.54) is 11.8 Å². The second-order valence-electron chi connectivity index (χ2n) is 2.72. The number of allylic oxidation sites excluding steroid dienone is 1. The molecule has 0 radical (unpaired) electrons. The predicted octanol–water partition coefficient (Wildman–Crippen LogP) is 0.702. The van der Waals surface area contributed by atoms with E-state index in [0.717, 1.165) is 20.9 Å². The monoisotopic (exact) mass is 216 g/mol. The van der Waals surface area contributed by atoms with Gasteiger partial charge in [-0.3, -0.25) is 0 Å². The van der Waals surface area contributed by atoms with Gasteiger partial charge in [0.1, 0.15) is 0 Å². The summed E-state index contributed by atoms with van der Waals surface area (Å²) in [7, 11) is -3.62. The van der Waals surface area contributed by atoms with E-state index in [4.69, 9.17) is 5.14 Å². The molecule has 13 heavy (non-hydrogen) atoms. The first kappa shape index (κ1) is 8.86. The maximum atomic E-state index is 11.0. The Hall–Kier alpha value is -0.720. The molecule has 2 rings (SSSR count). The minimum Gasteiger partial charge on any atom is -0.239 e. The van der Waals surface area contributed by atoms with Crippen molar-refractivity contribution in [2.45, 2.75) is 11.3 Å². The highest BCUT2D eigenvalue weighted by Gasteiger charge is 2.13. The Bertz CT molecular complexity index is 433. The van der Waals surface area contributed by atoms with Crippen LogP contribution in [0.25, 0.3) is 0 Å². The van der Waals surface area contributed by atoms with Gasteiger partial charge in [-0.25, -0.2) is 9.11 Å². The van der Waals surface area contributed by atoms with Crippen LogP contribution in [-0.4, -0.2) is 12.4 Å². The average molecular weight is 216 g/mol. The Morgan fingerprint density at radius 3 is 2.85 bits per heavy atom. The number of thioether (sulfide) groups is 1. The van der Waals surface area contributed by atoms with Crippen LogP contribution in [0.2, 0.25) is 0 Å². The molecule has 1 aliphatic heterocycles. The standard InChI is InChI=1S/C7H8N2O2S2/c8-13(10,11)9-4-6-2-1-3-12-7(6)5-9/h1,3-5H,2H2,(H2,8,10,11). The van der Waals surface area contributed by atoms with Crippen molar-refractivity contribution in [3.05, 3.63) is 29.4 Å². The summed E-state index contributed by atoms with van der Waals surface area (Å²) in [5.41, 5.74) is 1.00. The third kappa shape index (κ3) is 1.65. The first-order valence-corrected chi connectivity index (χ1v) is 6.01. The van der Waals surface area contributed by atoms with Crippen LogP contribution >= 0.6 is 11.8 Å². The minimum atomic E-state index is -3.62. The minimum absolute atomic E-state index is 0.769. The van der Waals surface area contributed by atoms with Crippen LogP contribution in [0.4, 0.5) is 0 Å². The smallest absolute Gasteiger partial charge is 0.239 e. The summed E-state index contributed by atoms with van der Waals surface area (Å²) in [4.78, 5) is 0.955. The highest BCUT2D eigenvalue weighted by Crippen LogP contribution is 2.29. The molecule has 0 amide bonds. The number of fused-ring (bicyclic) bond motifs is 1. The molecule has 2 N–H and O–H groups in total. The summed E-state index contributed by atoms with van der Waals surface area (Å²) >= 11 is 1.50. The van der Waals surface area contributed by atoms with Gasteiger partial charge in [-0.05, 0) is 17.4 Å². The van der Waals surface area contributed by atoms with Gasteiger partial charge < -0.3 is 0 Å². The molecule has 70 valence electrons. The van der Waals surface area contributed by atoms with Crippen molar-refractivity contribution in [1.29, 1.82) is 0 Å². The molecule has 0 unspecified atom stereocenters. The Balaban J connectivity index is 2.50. The zero-order valence-electron chi connectivity index (χ0n) is 6.67. The lowest BCUT2D eigenvalue weighted by Crippen LogP contribution is -2.19. The number of nitrogens with zero attached hydrogens (tertiary/aromatic N) is 1. The van der Waals surface area contributed by atoms with Gasteiger partial charge in [0, 0.05) is 17.3 Å². The summed E-state index contributed by atoms with van der Waals surface area (Å²) in [6.45, 7) is 0. The molecule has 0 saturated carbocycles. The Labute approximate surface area is 80.6 Å². The Morgan fingerprint density at radius 1 is 1.46 bits per heavy atom. The van der Waals surface area contributed by atoms with Gasteiger partial charge in [0.25, 0.3) is 0 Å². The lowest BCUT2D eigenvalue weighted by Gasteiger charge is -2.00. The highest BCUT2D eigenvalue weighted by molar-refractivity contribution is 8.02. The van der Waals surface area contributed by atoms with Gasteiger partial charge in [-0.1, -0.05) is 17.8 Å². The van der Waals surface area contributed by atoms with Gasteiger partial charge in [0.2, 0.25) is 0 Å². The van der Waals surface area contributed by atoms with Crippen molar-refractivity contribution in [2.75, 3.05) is 0 Å². The highest BCUT2D eigenvalue weighted by atomic mass is 32.2. The second kappa shape index (κ2) is 2.90. The quantitative estimate of drug-likeness (QED) is 0.751. The summed E-state index contributed by atoms with van der Waals surface area (Å²) < 4.78 is 23.0. The number of hydrogen-bond donors (Lipinski definition) is 1. The van der Waals surface area contributed by atoms with Crippen molar-refractivity contribution in [3.8, 4) is 0 Å². The van der Waals surface area contributed by atoms with E-state index in [1.54, 1.807) is 12.4 Å². The number of hydrogen-bond acceptors (Lipinski definition) is 3. The Kier molecular flexibility index (Phi) is 1.98. The molecule has 1 aliphatic rings. The van der Waals surface area contributed by atoms with Crippen molar-refractivity contribution >= 4 is 22.0 Å². The predicted molar refractivity (Wildman–Crippen MR) is 51.6 cm³/mol. The van der Waals surface area contributed by atoms with Crippen LogP contribution < -0.4 is 5.14 Å². The van der Waals surface area contributed by atoms with Gasteiger partial charge in [0.05, 0.1) is 0 Å². The zero-order chi connectivity index (χ0) is 9.47. The van der Waals surface area contributed by atoms with E-state index >= 15 is 0 Å². The molecule has 0 fully saturated rings. The number of rotatable bonds is 1. The molecule has 1 aromatic heterocycles. The van der Waals surface area contributed by atoms with Gasteiger partial charge in [-0.15, -0.1) is 0 Å². The fourth-order valence-electron chi connectivity index (χ4n) is 1.16. The molecular formula is C7H8N2O2S2. The van der Waals surface area contributed by atoms with Gasteiger partial charge in [-0.2, -0.15) is 8.42 Å². The third-order valence-electron chi connectivity index (χ3n) is 1.77. The van der Waals surface area contributed by atoms with Crippen LogP contribution in [0.5, 0.6) is 0 Å². The van der Waals surface area contributed by atoms with Crippen molar-refractivity contribution in [2.24, 2.45) is 5.14 Å². The van der Waals surface area contributed by atoms with E-state index in [9.17, 15) is 8.42 Å². The first-order chi connectivity index (χ1) is 6.07. The number of aromatic nitrogens is 1. The third-order valence-corrected chi connectivity index (χ3v) is 3.52. The lowest BCUT2D eigenvalue weighted by molar-refractivity contribution is 0.589. The summed E-state index contributed by atoms with van der Waals surface area (Å²) in [5.74, 6) is 0. The SMILES string of the molecule is NS(=O)(=O)n1cc2c(c1)SC=CC2. The van der Waals surface area contributed by atoms with Crippen LogP contribution in [0.15, 0.2) is 28.8 Å². The van der Waals surface area contributed by atoms with Gasteiger partial charge >= 0.3 is 10.2 Å². The molecule has 0 atom stereocenters.